The summed E-state index contributed by atoms with van der Waals surface area (Å²) < 4.78 is 0. The number of carbonyl (C=O) groups excluding carboxylic acids is 1. The van der Waals surface area contributed by atoms with Crippen molar-refractivity contribution in [2.75, 3.05) is 12.3 Å². The number of aliphatic hydroxyl groups is 1. The number of nitrogens with two attached hydrogens (primary N) is 2. The zero-order chi connectivity index (χ0) is 10.9. The smallest absolute Gasteiger partial charge is 0.251 e. The van der Waals surface area contributed by atoms with Crippen molar-refractivity contribution in [1.29, 1.82) is 0 Å². The van der Waals surface area contributed by atoms with E-state index in [1.54, 1.807) is 6.07 Å². The van der Waals surface area contributed by atoms with Crippen molar-refractivity contribution in [2.24, 2.45) is 5.73 Å². The van der Waals surface area contributed by atoms with Gasteiger partial charge in [0, 0.05) is 10.3 Å². The molecule has 5 heteroatoms. The van der Waals surface area contributed by atoms with E-state index in [9.17, 15) is 4.79 Å². The minimum absolute atomic E-state index is 0.00511. The third kappa shape index (κ3) is 1.88. The van der Waals surface area contributed by atoms with Gasteiger partial charge in [0.2, 0.25) is 0 Å². The van der Waals surface area contributed by atoms with Gasteiger partial charge >= 0.3 is 0 Å². The third-order valence-corrected chi connectivity index (χ3v) is 3.42. The average molecular weight is 214 g/mol. The molecular formula is C9H14N2O2S. The lowest BCUT2D eigenvalue weighted by molar-refractivity contribution is 0.100. The van der Waals surface area contributed by atoms with E-state index in [1.807, 2.05) is 13.8 Å². The molecule has 0 aromatic carbocycles. The number of primary amides is 1. The Bertz CT molecular complexity index is 358. The summed E-state index contributed by atoms with van der Waals surface area (Å²) in [7, 11) is 0. The molecule has 1 aromatic rings. The normalized spacial score (nSPS) is 11.6. The summed E-state index contributed by atoms with van der Waals surface area (Å²) in [6.45, 7) is 3.76. The molecule has 1 aromatic heterocycles. The van der Waals surface area contributed by atoms with Gasteiger partial charge < -0.3 is 16.6 Å². The summed E-state index contributed by atoms with van der Waals surface area (Å²) in [5, 5.41) is 9.55. The molecule has 0 bridgehead atoms. The number of aliphatic hydroxyl groups excluding tert-OH is 1. The van der Waals surface area contributed by atoms with Gasteiger partial charge in [-0.1, -0.05) is 13.8 Å². The number of amides is 1. The molecule has 1 heterocycles. The van der Waals surface area contributed by atoms with Crippen molar-refractivity contribution in [3.8, 4) is 0 Å². The number of hydrogen-bond acceptors (Lipinski definition) is 4. The van der Waals surface area contributed by atoms with Crippen LogP contribution in [0.3, 0.4) is 0 Å². The summed E-state index contributed by atoms with van der Waals surface area (Å²) in [6.07, 6.45) is 0. The molecule has 14 heavy (non-hydrogen) atoms. The van der Waals surface area contributed by atoms with E-state index < -0.39 is 5.91 Å². The van der Waals surface area contributed by atoms with E-state index in [-0.39, 0.29) is 12.0 Å². The lowest BCUT2D eigenvalue weighted by atomic mass is 9.92. The Labute approximate surface area is 86.5 Å². The molecule has 0 aliphatic rings. The lowest BCUT2D eigenvalue weighted by Crippen LogP contribution is -2.20. The SMILES string of the molecule is CC(C)(CO)c1cc(C(N)=O)c(N)s1. The predicted octanol–water partition coefficient (Wildman–Crippen LogP) is 0.699. The second-order valence-electron chi connectivity index (χ2n) is 3.79. The Morgan fingerprint density at radius 2 is 2.21 bits per heavy atom. The first-order valence-corrected chi connectivity index (χ1v) is 5.00. The highest BCUT2D eigenvalue weighted by atomic mass is 32.1. The van der Waals surface area contributed by atoms with Crippen LogP contribution in [0.25, 0.3) is 0 Å². The number of rotatable bonds is 3. The minimum atomic E-state index is -0.529. The molecule has 0 radical (unpaired) electrons. The zero-order valence-electron chi connectivity index (χ0n) is 8.20. The molecule has 78 valence electrons. The van der Waals surface area contributed by atoms with Crippen molar-refractivity contribution in [1.82, 2.24) is 0 Å². The molecule has 0 spiro atoms. The van der Waals surface area contributed by atoms with Crippen LogP contribution in [-0.2, 0) is 5.41 Å². The quantitative estimate of drug-likeness (QED) is 0.691. The van der Waals surface area contributed by atoms with Crippen molar-refractivity contribution >= 4 is 22.2 Å². The molecule has 0 atom stereocenters. The van der Waals surface area contributed by atoms with Gasteiger partial charge in [-0.2, -0.15) is 0 Å². The topological polar surface area (TPSA) is 89.3 Å². The Hall–Kier alpha value is -1.07. The van der Waals surface area contributed by atoms with E-state index in [2.05, 4.69) is 0 Å². The molecule has 0 aliphatic heterocycles. The molecule has 0 fully saturated rings. The van der Waals surface area contributed by atoms with Crippen LogP contribution >= 0.6 is 11.3 Å². The minimum Gasteiger partial charge on any atom is -0.395 e. The van der Waals surface area contributed by atoms with Crippen molar-refractivity contribution in [3.63, 3.8) is 0 Å². The van der Waals surface area contributed by atoms with Crippen LogP contribution in [0.5, 0.6) is 0 Å². The van der Waals surface area contributed by atoms with Crippen LogP contribution in [0.1, 0.15) is 29.1 Å². The highest BCUT2D eigenvalue weighted by Gasteiger charge is 2.24. The first-order valence-electron chi connectivity index (χ1n) is 4.19. The van der Waals surface area contributed by atoms with Crippen LogP contribution in [0, 0.1) is 0 Å². The van der Waals surface area contributed by atoms with Gasteiger partial charge in [0.1, 0.15) is 0 Å². The number of anilines is 1. The number of carbonyl (C=O) groups is 1. The van der Waals surface area contributed by atoms with E-state index in [0.29, 0.717) is 10.6 Å². The maximum atomic E-state index is 10.9. The zero-order valence-corrected chi connectivity index (χ0v) is 9.02. The first kappa shape index (κ1) is 11.0. The molecular weight excluding hydrogens is 200 g/mol. The van der Waals surface area contributed by atoms with Crippen LogP contribution in [0.4, 0.5) is 5.00 Å². The first-order chi connectivity index (χ1) is 6.38. The number of hydrogen-bond donors (Lipinski definition) is 3. The third-order valence-electron chi connectivity index (χ3n) is 2.09. The number of thiophene rings is 1. The van der Waals surface area contributed by atoms with Crippen LogP contribution in [0.15, 0.2) is 6.07 Å². The monoisotopic (exact) mass is 214 g/mol. The summed E-state index contributed by atoms with van der Waals surface area (Å²) >= 11 is 1.29. The van der Waals surface area contributed by atoms with E-state index in [1.165, 1.54) is 11.3 Å². The van der Waals surface area contributed by atoms with Crippen LogP contribution in [-0.4, -0.2) is 17.6 Å². The maximum Gasteiger partial charge on any atom is 0.251 e. The molecule has 0 saturated heterocycles. The van der Waals surface area contributed by atoms with Gasteiger partial charge in [-0.25, -0.2) is 0 Å². The lowest BCUT2D eigenvalue weighted by Gasteiger charge is -2.19. The Balaban J connectivity index is 3.15. The van der Waals surface area contributed by atoms with E-state index >= 15 is 0 Å². The molecule has 0 aliphatic carbocycles. The second-order valence-corrected chi connectivity index (χ2v) is 4.88. The Kier molecular flexibility index (Phi) is 2.82. The highest BCUT2D eigenvalue weighted by Crippen LogP contribution is 2.33. The largest absolute Gasteiger partial charge is 0.395 e. The van der Waals surface area contributed by atoms with Crippen molar-refractivity contribution in [2.45, 2.75) is 19.3 Å². The number of nitrogen functional groups attached to an aromatic ring is 1. The van der Waals surface area contributed by atoms with Gasteiger partial charge in [0.25, 0.3) is 5.91 Å². The predicted molar refractivity (Wildman–Crippen MR) is 57.4 cm³/mol. The summed E-state index contributed by atoms with van der Waals surface area (Å²) in [6, 6.07) is 1.65. The molecule has 1 rings (SSSR count). The molecule has 0 saturated carbocycles. The maximum absolute atomic E-state index is 10.9. The summed E-state index contributed by atoms with van der Waals surface area (Å²) in [5.41, 5.74) is 10.7. The fourth-order valence-electron chi connectivity index (χ4n) is 1.01. The van der Waals surface area contributed by atoms with Gasteiger partial charge in [-0.3, -0.25) is 4.79 Å². The Morgan fingerprint density at radius 1 is 1.64 bits per heavy atom. The van der Waals surface area contributed by atoms with Crippen molar-refractivity contribution < 1.29 is 9.90 Å². The molecule has 1 amide bonds. The second kappa shape index (κ2) is 3.59. The van der Waals surface area contributed by atoms with E-state index in [4.69, 9.17) is 16.6 Å². The van der Waals surface area contributed by atoms with Crippen LogP contribution < -0.4 is 11.5 Å². The van der Waals surface area contributed by atoms with Gasteiger partial charge in [0.05, 0.1) is 17.2 Å². The van der Waals surface area contributed by atoms with Gasteiger partial charge in [-0.15, -0.1) is 11.3 Å². The van der Waals surface area contributed by atoms with Crippen molar-refractivity contribution in [3.05, 3.63) is 16.5 Å². The summed E-state index contributed by atoms with van der Waals surface area (Å²) in [4.78, 5) is 11.8. The average Bonchev–Trinajstić information content (AvgIpc) is 2.48. The fourth-order valence-corrected chi connectivity index (χ4v) is 2.03. The molecule has 4 nitrogen and oxygen atoms in total. The highest BCUT2D eigenvalue weighted by molar-refractivity contribution is 7.16. The molecule has 5 N–H and O–H groups in total. The van der Waals surface area contributed by atoms with Gasteiger partial charge in [-0.05, 0) is 6.07 Å². The van der Waals surface area contributed by atoms with E-state index in [0.717, 1.165) is 4.88 Å². The van der Waals surface area contributed by atoms with Gasteiger partial charge in [0.15, 0.2) is 0 Å². The standard InChI is InChI=1S/C9H14N2O2S/c1-9(2,4-12)6-3-5(7(10)13)8(11)14-6/h3,12H,4,11H2,1-2H3,(H2,10,13). The summed E-state index contributed by atoms with van der Waals surface area (Å²) in [5.74, 6) is -0.529. The van der Waals surface area contributed by atoms with Crippen LogP contribution in [0.2, 0.25) is 0 Å². The fraction of sp³-hybridized carbons (Fsp3) is 0.444. The Morgan fingerprint density at radius 3 is 2.57 bits per heavy atom. The molecule has 0 unspecified atom stereocenters.